The fraction of sp³-hybridized carbons (Fsp3) is 1.00. The van der Waals surface area contributed by atoms with Crippen molar-refractivity contribution in [1.29, 1.82) is 0 Å². The van der Waals surface area contributed by atoms with Crippen LogP contribution in [0.1, 0.15) is 20.8 Å². The maximum absolute atomic E-state index is 9.58. The molecule has 1 saturated heterocycles. The molecule has 5 unspecified atom stereocenters. The van der Waals surface area contributed by atoms with E-state index in [1.807, 2.05) is 13.8 Å². The van der Waals surface area contributed by atoms with Crippen LogP contribution in [0, 0.1) is 5.92 Å². The Balaban J connectivity index is 2.70. The van der Waals surface area contributed by atoms with Crippen LogP contribution in [0.2, 0.25) is 0 Å². The fourth-order valence-corrected chi connectivity index (χ4v) is 1.72. The van der Waals surface area contributed by atoms with Gasteiger partial charge in [0.2, 0.25) is 0 Å². The second-order valence-corrected chi connectivity index (χ2v) is 4.11. The summed E-state index contributed by atoms with van der Waals surface area (Å²) in [6, 6.07) is -0.494. The van der Waals surface area contributed by atoms with Crippen molar-refractivity contribution in [3.63, 3.8) is 0 Å². The molecule has 78 valence electrons. The van der Waals surface area contributed by atoms with Gasteiger partial charge in [-0.1, -0.05) is 13.8 Å². The van der Waals surface area contributed by atoms with E-state index in [1.165, 1.54) is 0 Å². The molecule has 1 heterocycles. The Labute approximate surface area is 78.7 Å². The summed E-state index contributed by atoms with van der Waals surface area (Å²) in [6.45, 7) is 5.72. The molecular weight excluding hydrogens is 170 g/mol. The third-order valence-corrected chi connectivity index (χ3v) is 2.63. The predicted octanol–water partition coefficient (Wildman–Crippen LogP) is -0.521. The van der Waals surface area contributed by atoms with Gasteiger partial charge in [0.25, 0.3) is 0 Å². The highest BCUT2D eigenvalue weighted by atomic mass is 16.5. The summed E-state index contributed by atoms with van der Waals surface area (Å²) < 4.78 is 5.51. The minimum Gasteiger partial charge on any atom is -0.389 e. The van der Waals surface area contributed by atoms with Crippen molar-refractivity contribution in [1.82, 2.24) is 0 Å². The van der Waals surface area contributed by atoms with Gasteiger partial charge < -0.3 is 20.7 Å². The van der Waals surface area contributed by atoms with Gasteiger partial charge in [0.05, 0.1) is 24.4 Å². The van der Waals surface area contributed by atoms with Crippen molar-refractivity contribution in [3.05, 3.63) is 0 Å². The molecule has 0 saturated carbocycles. The van der Waals surface area contributed by atoms with E-state index in [0.29, 0.717) is 0 Å². The summed E-state index contributed by atoms with van der Waals surface area (Å²) in [5.41, 5.74) is 5.74. The van der Waals surface area contributed by atoms with E-state index < -0.39 is 18.2 Å². The number of hydrogen-bond donors (Lipinski definition) is 3. The van der Waals surface area contributed by atoms with E-state index in [-0.39, 0.29) is 18.1 Å². The van der Waals surface area contributed by atoms with Crippen molar-refractivity contribution in [2.45, 2.75) is 51.2 Å². The van der Waals surface area contributed by atoms with Crippen molar-refractivity contribution < 1.29 is 14.9 Å². The zero-order chi connectivity index (χ0) is 10.2. The number of rotatable bonds is 1. The van der Waals surface area contributed by atoms with Gasteiger partial charge in [-0.2, -0.15) is 0 Å². The molecule has 5 atom stereocenters. The summed E-state index contributed by atoms with van der Waals surface area (Å²) in [5.74, 6) is 0.250. The second kappa shape index (κ2) is 3.92. The van der Waals surface area contributed by atoms with Crippen molar-refractivity contribution in [2.75, 3.05) is 0 Å². The molecule has 0 aromatic rings. The number of aliphatic hydroxyl groups excluding tert-OH is 2. The van der Waals surface area contributed by atoms with Crippen LogP contribution < -0.4 is 5.73 Å². The monoisotopic (exact) mass is 189 g/mol. The summed E-state index contributed by atoms with van der Waals surface area (Å²) in [4.78, 5) is 0. The molecule has 0 aliphatic carbocycles. The van der Waals surface area contributed by atoms with Crippen LogP contribution in [-0.2, 0) is 4.74 Å². The van der Waals surface area contributed by atoms with Gasteiger partial charge >= 0.3 is 0 Å². The van der Waals surface area contributed by atoms with Gasteiger partial charge in [-0.3, -0.25) is 0 Å². The van der Waals surface area contributed by atoms with E-state index in [4.69, 9.17) is 10.5 Å². The Morgan fingerprint density at radius 3 is 2.23 bits per heavy atom. The molecule has 0 radical (unpaired) electrons. The van der Waals surface area contributed by atoms with Crippen molar-refractivity contribution >= 4 is 0 Å². The molecule has 0 aromatic carbocycles. The Kier molecular flexibility index (Phi) is 3.29. The second-order valence-electron chi connectivity index (χ2n) is 4.11. The Bertz CT molecular complexity index is 174. The lowest BCUT2D eigenvalue weighted by Crippen LogP contribution is -2.61. The molecular formula is C9H19NO3. The fourth-order valence-electron chi connectivity index (χ4n) is 1.72. The number of hydrogen-bond acceptors (Lipinski definition) is 4. The SMILES string of the molecule is CC(C)C1OC(C)C(O)C(O)C1N. The van der Waals surface area contributed by atoms with Gasteiger partial charge in [0.1, 0.15) is 6.10 Å². The first kappa shape index (κ1) is 10.9. The van der Waals surface area contributed by atoms with Gasteiger partial charge in [0.15, 0.2) is 0 Å². The average molecular weight is 189 g/mol. The molecule has 4 heteroatoms. The van der Waals surface area contributed by atoms with Gasteiger partial charge in [-0.15, -0.1) is 0 Å². The van der Waals surface area contributed by atoms with Crippen LogP contribution in [0.25, 0.3) is 0 Å². The van der Waals surface area contributed by atoms with E-state index >= 15 is 0 Å². The minimum atomic E-state index is -0.879. The lowest BCUT2D eigenvalue weighted by Gasteiger charge is -2.41. The summed E-state index contributed by atoms with van der Waals surface area (Å²) >= 11 is 0. The largest absolute Gasteiger partial charge is 0.389 e. The van der Waals surface area contributed by atoms with E-state index in [0.717, 1.165) is 0 Å². The quantitative estimate of drug-likeness (QED) is 0.519. The number of ether oxygens (including phenoxy) is 1. The molecule has 13 heavy (non-hydrogen) atoms. The number of nitrogens with two attached hydrogens (primary N) is 1. The molecule has 0 aromatic heterocycles. The average Bonchev–Trinajstić information content (AvgIpc) is 2.07. The zero-order valence-electron chi connectivity index (χ0n) is 8.34. The Morgan fingerprint density at radius 2 is 1.77 bits per heavy atom. The van der Waals surface area contributed by atoms with Crippen LogP contribution in [0.5, 0.6) is 0 Å². The molecule has 0 spiro atoms. The van der Waals surface area contributed by atoms with Crippen LogP contribution >= 0.6 is 0 Å². The van der Waals surface area contributed by atoms with E-state index in [2.05, 4.69) is 0 Å². The van der Waals surface area contributed by atoms with Crippen LogP contribution in [0.3, 0.4) is 0 Å². The molecule has 4 N–H and O–H groups in total. The molecule has 1 fully saturated rings. The first-order valence-corrected chi connectivity index (χ1v) is 4.72. The maximum Gasteiger partial charge on any atom is 0.107 e. The number of aliphatic hydroxyl groups is 2. The van der Waals surface area contributed by atoms with Crippen LogP contribution in [0.4, 0.5) is 0 Å². The molecule has 4 nitrogen and oxygen atoms in total. The lowest BCUT2D eigenvalue weighted by atomic mass is 9.88. The Morgan fingerprint density at radius 1 is 1.23 bits per heavy atom. The van der Waals surface area contributed by atoms with Crippen molar-refractivity contribution in [2.24, 2.45) is 11.7 Å². The van der Waals surface area contributed by atoms with E-state index in [1.54, 1.807) is 6.92 Å². The summed E-state index contributed by atoms with van der Waals surface area (Å²) in [5, 5.41) is 19.0. The minimum absolute atomic E-state index is 0.173. The topological polar surface area (TPSA) is 75.7 Å². The first-order chi connectivity index (χ1) is 5.95. The van der Waals surface area contributed by atoms with Gasteiger partial charge in [-0.25, -0.2) is 0 Å². The molecule has 1 aliphatic rings. The van der Waals surface area contributed by atoms with Gasteiger partial charge in [-0.05, 0) is 12.8 Å². The summed E-state index contributed by atoms with van der Waals surface area (Å²) in [7, 11) is 0. The predicted molar refractivity (Wildman–Crippen MR) is 49.2 cm³/mol. The van der Waals surface area contributed by atoms with Crippen LogP contribution in [0.15, 0.2) is 0 Å². The third kappa shape index (κ3) is 2.02. The molecule has 1 aliphatic heterocycles. The van der Waals surface area contributed by atoms with Crippen molar-refractivity contribution in [3.8, 4) is 0 Å². The maximum atomic E-state index is 9.58. The highest BCUT2D eigenvalue weighted by Gasteiger charge is 2.41. The Hall–Kier alpha value is -0.160. The standard InChI is InChI=1S/C9H19NO3/c1-4(2)9-6(10)8(12)7(11)5(3)13-9/h4-9,11-12H,10H2,1-3H3. The lowest BCUT2D eigenvalue weighted by molar-refractivity contribution is -0.182. The third-order valence-electron chi connectivity index (χ3n) is 2.63. The summed E-state index contributed by atoms with van der Waals surface area (Å²) in [6.07, 6.45) is -2.27. The first-order valence-electron chi connectivity index (χ1n) is 4.72. The highest BCUT2D eigenvalue weighted by molar-refractivity contribution is 4.94. The molecule has 0 amide bonds. The van der Waals surface area contributed by atoms with Crippen LogP contribution in [-0.4, -0.2) is 40.7 Å². The smallest absolute Gasteiger partial charge is 0.107 e. The zero-order valence-corrected chi connectivity index (χ0v) is 8.34. The molecule has 1 rings (SSSR count). The highest BCUT2D eigenvalue weighted by Crippen LogP contribution is 2.23. The van der Waals surface area contributed by atoms with Gasteiger partial charge in [0, 0.05) is 0 Å². The normalized spacial score (nSPS) is 46.8. The van der Waals surface area contributed by atoms with E-state index in [9.17, 15) is 10.2 Å². The molecule has 0 bridgehead atoms.